The summed E-state index contributed by atoms with van der Waals surface area (Å²) in [7, 11) is -3.92. The average molecular weight is 244 g/mol. The van der Waals surface area contributed by atoms with Gasteiger partial charge in [-0.3, -0.25) is 0 Å². The molecule has 1 aromatic carbocycles. The summed E-state index contributed by atoms with van der Waals surface area (Å²) in [6.45, 7) is 0. The Morgan fingerprint density at radius 2 is 1.44 bits per heavy atom. The van der Waals surface area contributed by atoms with E-state index < -0.39 is 37.8 Å². The maximum Gasteiger partial charge on any atom is 0.337 e. The highest BCUT2D eigenvalue weighted by Crippen LogP contribution is 2.21. The van der Waals surface area contributed by atoms with Crippen LogP contribution in [0.4, 0.5) is 0 Å². The minimum atomic E-state index is -3.92. The van der Waals surface area contributed by atoms with Crippen molar-refractivity contribution >= 4 is 21.8 Å². The van der Waals surface area contributed by atoms with Crippen molar-refractivity contribution in [3.05, 3.63) is 29.3 Å². The van der Waals surface area contributed by atoms with Crippen LogP contribution >= 0.6 is 0 Å². The molecule has 0 aliphatic rings. The van der Waals surface area contributed by atoms with Crippen molar-refractivity contribution < 1.29 is 28.2 Å². The molecule has 1 aromatic rings. The number of rotatable bonds is 3. The molecule has 0 aromatic heterocycles. The monoisotopic (exact) mass is 244 g/mol. The number of aromatic carboxylic acids is 2. The molecule has 0 aliphatic carbocycles. The van der Waals surface area contributed by atoms with Crippen molar-refractivity contribution in [2.24, 2.45) is 0 Å². The van der Waals surface area contributed by atoms with Crippen molar-refractivity contribution in [1.29, 1.82) is 0 Å². The van der Waals surface area contributed by atoms with Crippen molar-refractivity contribution in [3.8, 4) is 0 Å². The van der Waals surface area contributed by atoms with Crippen LogP contribution in [-0.4, -0.2) is 36.8 Å². The molecule has 0 heterocycles. The highest BCUT2D eigenvalue weighted by atomic mass is 32.2. The van der Waals surface area contributed by atoms with E-state index in [2.05, 4.69) is 0 Å². The van der Waals surface area contributed by atoms with E-state index in [1.807, 2.05) is 0 Å². The lowest BCUT2D eigenvalue weighted by Crippen LogP contribution is -2.13. The van der Waals surface area contributed by atoms with Crippen molar-refractivity contribution in [1.82, 2.24) is 0 Å². The molecule has 0 radical (unpaired) electrons. The molecule has 6 nitrogen and oxygen atoms in total. The molecule has 0 saturated carbocycles. The van der Waals surface area contributed by atoms with Gasteiger partial charge < -0.3 is 10.2 Å². The van der Waals surface area contributed by atoms with Gasteiger partial charge in [-0.05, 0) is 12.1 Å². The van der Waals surface area contributed by atoms with Crippen LogP contribution in [0.3, 0.4) is 0 Å². The smallest absolute Gasteiger partial charge is 0.337 e. The molecule has 0 atom stereocenters. The van der Waals surface area contributed by atoms with E-state index in [1.165, 1.54) is 6.07 Å². The Morgan fingerprint density at radius 3 is 1.69 bits per heavy atom. The predicted molar refractivity (Wildman–Crippen MR) is 53.5 cm³/mol. The fraction of sp³-hybridized carbons (Fsp3) is 0.111. The number of carboxylic acid groups (broad SMARTS) is 2. The van der Waals surface area contributed by atoms with Gasteiger partial charge in [-0.2, -0.15) is 0 Å². The van der Waals surface area contributed by atoms with Crippen LogP contribution in [0.2, 0.25) is 0 Å². The number of carboxylic acids is 2. The summed E-state index contributed by atoms with van der Waals surface area (Å²) in [5.41, 5.74) is -1.08. The molecule has 0 saturated heterocycles. The maximum atomic E-state index is 11.4. The van der Waals surface area contributed by atoms with Gasteiger partial charge in [0, 0.05) is 6.26 Å². The molecule has 16 heavy (non-hydrogen) atoms. The quantitative estimate of drug-likeness (QED) is 0.800. The summed E-state index contributed by atoms with van der Waals surface area (Å²) in [6.07, 6.45) is 0.765. The van der Waals surface area contributed by atoms with Gasteiger partial charge in [-0.25, -0.2) is 18.0 Å². The summed E-state index contributed by atoms with van der Waals surface area (Å²) in [6, 6.07) is 3.28. The second-order valence-corrected chi connectivity index (χ2v) is 5.02. The predicted octanol–water partition coefficient (Wildman–Crippen LogP) is 0.487. The highest BCUT2D eigenvalue weighted by molar-refractivity contribution is 7.90. The normalized spacial score (nSPS) is 11.1. The Morgan fingerprint density at radius 1 is 1.06 bits per heavy atom. The molecule has 7 heteroatoms. The zero-order valence-corrected chi connectivity index (χ0v) is 8.98. The zero-order chi connectivity index (χ0) is 12.5. The fourth-order valence-electron chi connectivity index (χ4n) is 1.27. The number of benzene rings is 1. The Labute approximate surface area is 91.1 Å². The van der Waals surface area contributed by atoms with Gasteiger partial charge in [0.15, 0.2) is 9.84 Å². The van der Waals surface area contributed by atoms with Crippen molar-refractivity contribution in [3.63, 3.8) is 0 Å². The first-order chi connectivity index (χ1) is 7.25. The Balaban J connectivity index is 3.75. The van der Waals surface area contributed by atoms with Crippen molar-refractivity contribution in [2.75, 3.05) is 6.26 Å². The Kier molecular flexibility index (Phi) is 2.99. The summed E-state index contributed by atoms with van der Waals surface area (Å²) in [5, 5.41) is 17.6. The Hall–Kier alpha value is -1.89. The molecule has 2 N–H and O–H groups in total. The van der Waals surface area contributed by atoms with Crippen LogP contribution in [0.15, 0.2) is 23.1 Å². The molecular formula is C9H8O6S. The van der Waals surface area contributed by atoms with E-state index in [4.69, 9.17) is 10.2 Å². The molecule has 0 bridgehead atoms. The van der Waals surface area contributed by atoms with E-state index >= 15 is 0 Å². The summed E-state index contributed by atoms with van der Waals surface area (Å²) >= 11 is 0. The second-order valence-electron chi connectivity index (χ2n) is 3.06. The van der Waals surface area contributed by atoms with Gasteiger partial charge in [0.25, 0.3) is 0 Å². The molecule has 0 fully saturated rings. The lowest BCUT2D eigenvalue weighted by molar-refractivity contribution is 0.0689. The van der Waals surface area contributed by atoms with Crippen LogP contribution in [-0.2, 0) is 9.84 Å². The molecule has 0 aliphatic heterocycles. The first-order valence-corrected chi connectivity index (χ1v) is 5.94. The van der Waals surface area contributed by atoms with Crippen molar-refractivity contribution in [2.45, 2.75) is 4.90 Å². The summed E-state index contributed by atoms with van der Waals surface area (Å²) in [4.78, 5) is 20.9. The molecule has 0 unspecified atom stereocenters. The van der Waals surface area contributed by atoms with Crippen LogP contribution < -0.4 is 0 Å². The van der Waals surface area contributed by atoms with Crippen LogP contribution in [0.5, 0.6) is 0 Å². The van der Waals surface area contributed by atoms with Gasteiger partial charge in [0.05, 0.1) is 16.0 Å². The number of carbonyl (C=O) groups is 2. The van der Waals surface area contributed by atoms with E-state index in [-0.39, 0.29) is 0 Å². The van der Waals surface area contributed by atoms with Gasteiger partial charge in [-0.1, -0.05) is 6.07 Å². The average Bonchev–Trinajstić information content (AvgIpc) is 2.15. The fourth-order valence-corrected chi connectivity index (χ4v) is 2.38. The zero-order valence-electron chi connectivity index (χ0n) is 8.17. The van der Waals surface area contributed by atoms with Gasteiger partial charge in [0.1, 0.15) is 0 Å². The molecular weight excluding hydrogens is 236 g/mol. The topological polar surface area (TPSA) is 109 Å². The van der Waals surface area contributed by atoms with Crippen LogP contribution in [0.25, 0.3) is 0 Å². The van der Waals surface area contributed by atoms with E-state index in [9.17, 15) is 18.0 Å². The second kappa shape index (κ2) is 3.93. The third-order valence-corrected chi connectivity index (χ3v) is 3.03. The Bertz CT molecular complexity index is 525. The maximum absolute atomic E-state index is 11.4. The van der Waals surface area contributed by atoms with E-state index in [1.54, 1.807) is 0 Å². The minimum Gasteiger partial charge on any atom is -0.478 e. The summed E-state index contributed by atoms with van der Waals surface area (Å²) in [5.74, 6) is -2.97. The standard InChI is InChI=1S/C9H8O6S/c1-16(14,15)7-5(8(10)11)3-2-4-6(7)9(12)13/h2-4H,1H3,(H,10,11)(H,12,13). The van der Waals surface area contributed by atoms with Gasteiger partial charge >= 0.3 is 11.9 Å². The largest absolute Gasteiger partial charge is 0.478 e. The summed E-state index contributed by atoms with van der Waals surface area (Å²) < 4.78 is 22.7. The van der Waals surface area contributed by atoms with Crippen LogP contribution in [0, 0.1) is 0 Å². The molecule has 1 rings (SSSR count). The van der Waals surface area contributed by atoms with E-state index in [0.717, 1.165) is 18.4 Å². The molecule has 0 spiro atoms. The number of hydrogen-bond acceptors (Lipinski definition) is 4. The number of hydrogen-bond donors (Lipinski definition) is 2. The first kappa shape index (κ1) is 12.2. The third kappa shape index (κ3) is 2.19. The van der Waals surface area contributed by atoms with Gasteiger partial charge in [-0.15, -0.1) is 0 Å². The molecule has 0 amide bonds. The lowest BCUT2D eigenvalue weighted by atomic mass is 10.1. The lowest BCUT2D eigenvalue weighted by Gasteiger charge is -2.07. The molecule has 86 valence electrons. The highest BCUT2D eigenvalue weighted by Gasteiger charge is 2.25. The first-order valence-electron chi connectivity index (χ1n) is 4.05. The third-order valence-electron chi connectivity index (χ3n) is 1.85. The SMILES string of the molecule is CS(=O)(=O)c1c(C(=O)O)cccc1C(=O)O. The van der Waals surface area contributed by atoms with E-state index in [0.29, 0.717) is 0 Å². The van der Waals surface area contributed by atoms with Crippen LogP contribution in [0.1, 0.15) is 20.7 Å². The van der Waals surface area contributed by atoms with Gasteiger partial charge in [0.2, 0.25) is 0 Å². The minimum absolute atomic E-state index is 0.539. The number of sulfone groups is 1.